The molecule has 1 heterocycles. The van der Waals surface area contributed by atoms with Crippen LogP contribution in [0, 0.1) is 6.92 Å². The third-order valence-electron chi connectivity index (χ3n) is 2.75. The maximum Gasteiger partial charge on any atom is 0.373 e. The molecule has 0 atom stereocenters. The van der Waals surface area contributed by atoms with Gasteiger partial charge in [-0.3, -0.25) is 0 Å². The second kappa shape index (κ2) is 6.20. The fourth-order valence-electron chi connectivity index (χ4n) is 1.65. The normalized spacial score (nSPS) is 10.4. The molecule has 0 aliphatic rings. The largest absolute Gasteiger partial charge is 0.463 e. The van der Waals surface area contributed by atoms with Crippen molar-refractivity contribution in [3.05, 3.63) is 51.4 Å². The van der Waals surface area contributed by atoms with Gasteiger partial charge in [-0.2, -0.15) is 0 Å². The molecule has 2 rings (SSSR count). The van der Waals surface area contributed by atoms with Crippen LogP contribution in [0.3, 0.4) is 0 Å². The highest BCUT2D eigenvalue weighted by Gasteiger charge is 2.11. The number of carbonyl (C=O) groups is 1. The minimum Gasteiger partial charge on any atom is -0.463 e. The van der Waals surface area contributed by atoms with Gasteiger partial charge in [-0.05, 0) is 36.8 Å². The van der Waals surface area contributed by atoms with Crippen LogP contribution in [0.15, 0.2) is 28.7 Å². The summed E-state index contributed by atoms with van der Waals surface area (Å²) in [5, 5.41) is 4.31. The monoisotopic (exact) mass is 313 g/mol. The standard InChI is InChI=1S/C14H13Cl2NO3/c1-8-5-11(16)12(6-10(8)15)17-7-9-3-4-13(20-9)14(18)19-2/h3-6,17H,7H2,1-2H3. The van der Waals surface area contributed by atoms with Crippen LogP contribution >= 0.6 is 23.2 Å². The molecule has 0 aliphatic carbocycles. The predicted molar refractivity (Wildman–Crippen MR) is 78.6 cm³/mol. The van der Waals surface area contributed by atoms with Crippen molar-refractivity contribution in [2.24, 2.45) is 0 Å². The number of methoxy groups -OCH3 is 1. The molecule has 1 aromatic carbocycles. The Hall–Kier alpha value is -1.65. The van der Waals surface area contributed by atoms with Gasteiger partial charge in [0, 0.05) is 5.02 Å². The lowest BCUT2D eigenvalue weighted by Crippen LogP contribution is -2.00. The number of ether oxygens (including phenoxy) is 1. The van der Waals surface area contributed by atoms with E-state index in [9.17, 15) is 4.79 Å². The van der Waals surface area contributed by atoms with Crippen LogP contribution in [0.4, 0.5) is 5.69 Å². The lowest BCUT2D eigenvalue weighted by molar-refractivity contribution is 0.0563. The Bertz CT molecular complexity index is 637. The molecule has 2 aromatic rings. The summed E-state index contributed by atoms with van der Waals surface area (Å²) in [4.78, 5) is 11.3. The summed E-state index contributed by atoms with van der Waals surface area (Å²) in [5.74, 6) is 0.253. The number of rotatable bonds is 4. The van der Waals surface area contributed by atoms with Gasteiger partial charge in [-0.1, -0.05) is 23.2 Å². The van der Waals surface area contributed by atoms with E-state index in [2.05, 4.69) is 10.1 Å². The van der Waals surface area contributed by atoms with E-state index in [1.165, 1.54) is 7.11 Å². The van der Waals surface area contributed by atoms with Crippen molar-refractivity contribution < 1.29 is 13.9 Å². The van der Waals surface area contributed by atoms with Crippen molar-refractivity contribution in [2.75, 3.05) is 12.4 Å². The van der Waals surface area contributed by atoms with Crippen molar-refractivity contribution in [1.82, 2.24) is 0 Å². The van der Waals surface area contributed by atoms with Crippen molar-refractivity contribution in [2.45, 2.75) is 13.5 Å². The molecule has 20 heavy (non-hydrogen) atoms. The molecular formula is C14H13Cl2NO3. The highest BCUT2D eigenvalue weighted by molar-refractivity contribution is 6.35. The Morgan fingerprint density at radius 2 is 2.05 bits per heavy atom. The summed E-state index contributed by atoms with van der Waals surface area (Å²) >= 11 is 12.2. The lowest BCUT2D eigenvalue weighted by Gasteiger charge is -2.09. The molecule has 0 saturated carbocycles. The second-order valence-corrected chi connectivity index (χ2v) is 5.01. The third kappa shape index (κ3) is 3.26. The fraction of sp³-hybridized carbons (Fsp3) is 0.214. The van der Waals surface area contributed by atoms with Gasteiger partial charge in [0.1, 0.15) is 5.76 Å². The summed E-state index contributed by atoms with van der Waals surface area (Å²) < 4.78 is 9.91. The number of nitrogens with one attached hydrogen (secondary N) is 1. The number of carbonyl (C=O) groups excluding carboxylic acids is 1. The van der Waals surface area contributed by atoms with Crippen LogP contribution in [0.1, 0.15) is 21.9 Å². The van der Waals surface area contributed by atoms with Gasteiger partial charge in [-0.15, -0.1) is 0 Å². The lowest BCUT2D eigenvalue weighted by atomic mass is 10.2. The first-order valence-electron chi connectivity index (χ1n) is 5.88. The zero-order valence-electron chi connectivity index (χ0n) is 11.0. The molecule has 1 N–H and O–H groups in total. The van der Waals surface area contributed by atoms with Gasteiger partial charge in [-0.25, -0.2) is 4.79 Å². The topological polar surface area (TPSA) is 51.5 Å². The minimum absolute atomic E-state index is 0.164. The summed E-state index contributed by atoms with van der Waals surface area (Å²) in [6.07, 6.45) is 0. The van der Waals surface area contributed by atoms with Gasteiger partial charge in [0.15, 0.2) is 0 Å². The molecule has 0 amide bonds. The number of esters is 1. The molecule has 0 spiro atoms. The zero-order valence-corrected chi connectivity index (χ0v) is 12.5. The van der Waals surface area contributed by atoms with Gasteiger partial charge in [0.25, 0.3) is 0 Å². The zero-order chi connectivity index (χ0) is 14.7. The number of benzene rings is 1. The summed E-state index contributed by atoms with van der Waals surface area (Å²) in [6.45, 7) is 2.27. The number of hydrogen-bond donors (Lipinski definition) is 1. The van der Waals surface area contributed by atoms with Crippen molar-refractivity contribution in [3.63, 3.8) is 0 Å². The fourth-order valence-corrected chi connectivity index (χ4v) is 2.10. The first-order valence-corrected chi connectivity index (χ1v) is 6.63. The Labute approximate surface area is 126 Å². The van der Waals surface area contributed by atoms with Crippen LogP contribution in [0.2, 0.25) is 10.0 Å². The number of halogens is 2. The molecule has 0 bridgehead atoms. The average Bonchev–Trinajstić information content (AvgIpc) is 2.89. The molecule has 6 heteroatoms. The minimum atomic E-state index is -0.507. The van der Waals surface area contributed by atoms with Crippen molar-refractivity contribution >= 4 is 34.9 Å². The number of furan rings is 1. The molecule has 0 saturated heterocycles. The van der Waals surface area contributed by atoms with E-state index < -0.39 is 5.97 Å². The highest BCUT2D eigenvalue weighted by atomic mass is 35.5. The van der Waals surface area contributed by atoms with E-state index in [0.29, 0.717) is 28.0 Å². The van der Waals surface area contributed by atoms with Gasteiger partial charge >= 0.3 is 5.97 Å². The Kier molecular flexibility index (Phi) is 4.57. The molecule has 106 valence electrons. The predicted octanol–water partition coefficient (Wildman–Crippen LogP) is 4.29. The average molecular weight is 314 g/mol. The Morgan fingerprint density at radius 3 is 2.75 bits per heavy atom. The summed E-state index contributed by atoms with van der Waals surface area (Å²) in [5.41, 5.74) is 1.62. The third-order valence-corrected chi connectivity index (χ3v) is 3.47. The van der Waals surface area contributed by atoms with Crippen LogP contribution < -0.4 is 5.32 Å². The van der Waals surface area contributed by atoms with Crippen molar-refractivity contribution in [3.8, 4) is 0 Å². The second-order valence-electron chi connectivity index (χ2n) is 4.19. The van der Waals surface area contributed by atoms with Crippen LogP contribution in [-0.4, -0.2) is 13.1 Å². The quantitative estimate of drug-likeness (QED) is 0.855. The molecule has 0 fully saturated rings. The molecule has 1 aromatic heterocycles. The van der Waals surface area contributed by atoms with E-state index in [1.54, 1.807) is 24.3 Å². The van der Waals surface area contributed by atoms with Crippen LogP contribution in [0.5, 0.6) is 0 Å². The molecule has 4 nitrogen and oxygen atoms in total. The Balaban J connectivity index is 2.07. The molecule has 0 unspecified atom stereocenters. The maximum atomic E-state index is 11.3. The van der Waals surface area contributed by atoms with Gasteiger partial charge in [0.2, 0.25) is 5.76 Å². The van der Waals surface area contributed by atoms with Crippen LogP contribution in [-0.2, 0) is 11.3 Å². The summed E-state index contributed by atoms with van der Waals surface area (Å²) in [6, 6.07) is 6.80. The molecule has 0 aliphatic heterocycles. The van der Waals surface area contributed by atoms with Gasteiger partial charge < -0.3 is 14.5 Å². The maximum absolute atomic E-state index is 11.3. The van der Waals surface area contributed by atoms with E-state index in [0.717, 1.165) is 5.56 Å². The van der Waals surface area contributed by atoms with E-state index in [-0.39, 0.29) is 5.76 Å². The first kappa shape index (κ1) is 14.8. The van der Waals surface area contributed by atoms with Crippen LogP contribution in [0.25, 0.3) is 0 Å². The SMILES string of the molecule is COC(=O)c1ccc(CNc2cc(Cl)c(C)cc2Cl)o1. The van der Waals surface area contributed by atoms with Crippen molar-refractivity contribution in [1.29, 1.82) is 0 Å². The highest BCUT2D eigenvalue weighted by Crippen LogP contribution is 2.29. The summed E-state index contributed by atoms with van der Waals surface area (Å²) in [7, 11) is 1.30. The number of anilines is 1. The first-order chi connectivity index (χ1) is 9.51. The molecule has 0 radical (unpaired) electrons. The Morgan fingerprint density at radius 1 is 1.30 bits per heavy atom. The van der Waals surface area contributed by atoms with E-state index in [4.69, 9.17) is 27.6 Å². The van der Waals surface area contributed by atoms with E-state index >= 15 is 0 Å². The van der Waals surface area contributed by atoms with E-state index in [1.807, 2.05) is 6.92 Å². The van der Waals surface area contributed by atoms with Gasteiger partial charge in [0.05, 0.1) is 24.4 Å². The molecular weight excluding hydrogens is 301 g/mol. The number of aryl methyl sites for hydroxylation is 1. The number of hydrogen-bond acceptors (Lipinski definition) is 4. The smallest absolute Gasteiger partial charge is 0.373 e.